The van der Waals surface area contributed by atoms with Crippen molar-refractivity contribution in [2.24, 2.45) is 0 Å². The van der Waals surface area contributed by atoms with E-state index < -0.39 is 0 Å². The van der Waals surface area contributed by atoms with Gasteiger partial charge < -0.3 is 4.74 Å². The fourth-order valence-corrected chi connectivity index (χ4v) is 1.22. The number of rotatable bonds is 2. The zero-order valence-electron chi connectivity index (χ0n) is 5.81. The lowest BCUT2D eigenvalue weighted by Crippen LogP contribution is -2.30. The Kier molecular flexibility index (Phi) is 3.01. The average Bonchev–Trinajstić information content (AvgIpc) is 1.91. The van der Waals surface area contributed by atoms with Crippen LogP contribution in [0.15, 0.2) is 0 Å². The van der Waals surface area contributed by atoms with Gasteiger partial charge in [0.1, 0.15) is 0 Å². The molecule has 2 heteroatoms. The van der Waals surface area contributed by atoms with E-state index in [0.717, 1.165) is 0 Å². The van der Waals surface area contributed by atoms with Crippen LogP contribution in [0.4, 0.5) is 0 Å². The highest BCUT2D eigenvalue weighted by atomic mass is 16.5. The third-order valence-corrected chi connectivity index (χ3v) is 1.72. The largest absolute Gasteiger partial charge is 0.364 e. The van der Waals surface area contributed by atoms with Crippen molar-refractivity contribution in [1.29, 1.82) is 0 Å². The first-order valence-corrected chi connectivity index (χ1v) is 3.53. The normalized spacial score (nSPS) is 22.3. The molecule has 1 aliphatic heterocycles. The molecular formula is C7H14NO. The first-order valence-electron chi connectivity index (χ1n) is 3.53. The molecular weight excluding hydrogens is 114 g/mol. The lowest BCUT2D eigenvalue weighted by atomic mass is 10.1. The van der Waals surface area contributed by atoms with Crippen LogP contribution in [-0.2, 0) is 4.74 Å². The van der Waals surface area contributed by atoms with E-state index >= 15 is 0 Å². The maximum absolute atomic E-state index is 4.76. The number of likely N-dealkylation sites (tertiary alicyclic amines) is 1. The molecule has 0 aliphatic carbocycles. The molecule has 0 unspecified atom stereocenters. The molecule has 0 amide bonds. The van der Waals surface area contributed by atoms with Gasteiger partial charge in [-0.1, -0.05) is 6.42 Å². The molecule has 53 valence electrons. The van der Waals surface area contributed by atoms with Crippen molar-refractivity contribution in [3.05, 3.63) is 7.11 Å². The Morgan fingerprint density at radius 2 is 1.89 bits per heavy atom. The molecule has 0 aromatic rings. The topological polar surface area (TPSA) is 12.5 Å². The molecule has 1 radical (unpaired) electrons. The van der Waals surface area contributed by atoms with Gasteiger partial charge in [0.05, 0.1) is 13.8 Å². The first kappa shape index (κ1) is 7.03. The molecule has 9 heavy (non-hydrogen) atoms. The summed E-state index contributed by atoms with van der Waals surface area (Å²) in [5.41, 5.74) is 0. The molecule has 0 aromatic carbocycles. The van der Waals surface area contributed by atoms with Crippen LogP contribution >= 0.6 is 0 Å². The Labute approximate surface area is 56.8 Å². The summed E-state index contributed by atoms with van der Waals surface area (Å²) in [5.74, 6) is 0. The number of ether oxygens (including phenoxy) is 1. The highest BCUT2D eigenvalue weighted by Gasteiger charge is 2.07. The smallest absolute Gasteiger partial charge is 0.0991 e. The van der Waals surface area contributed by atoms with Crippen LogP contribution in [0.3, 0.4) is 0 Å². The molecule has 0 aromatic heterocycles. The predicted octanol–water partition coefficient (Wildman–Crippen LogP) is 1.24. The van der Waals surface area contributed by atoms with Gasteiger partial charge in [-0.3, -0.25) is 4.90 Å². The van der Waals surface area contributed by atoms with Gasteiger partial charge in [-0.05, 0) is 12.8 Å². The summed E-state index contributed by atoms with van der Waals surface area (Å²) in [4.78, 5) is 2.29. The van der Waals surface area contributed by atoms with E-state index in [9.17, 15) is 0 Å². The fourth-order valence-electron chi connectivity index (χ4n) is 1.22. The summed E-state index contributed by atoms with van der Waals surface area (Å²) in [6.07, 6.45) is 4.03. The lowest BCUT2D eigenvalue weighted by Gasteiger charge is -2.24. The van der Waals surface area contributed by atoms with Crippen molar-refractivity contribution in [3.63, 3.8) is 0 Å². The van der Waals surface area contributed by atoms with Crippen molar-refractivity contribution in [3.8, 4) is 0 Å². The van der Waals surface area contributed by atoms with Crippen molar-refractivity contribution < 1.29 is 4.74 Å². The third-order valence-electron chi connectivity index (χ3n) is 1.72. The van der Waals surface area contributed by atoms with E-state index in [1.807, 2.05) is 0 Å². The van der Waals surface area contributed by atoms with E-state index in [0.29, 0.717) is 6.73 Å². The quantitative estimate of drug-likeness (QED) is 0.554. The Balaban J connectivity index is 2.08. The van der Waals surface area contributed by atoms with Crippen molar-refractivity contribution >= 4 is 0 Å². The molecule has 0 atom stereocenters. The molecule has 0 spiro atoms. The van der Waals surface area contributed by atoms with Crippen molar-refractivity contribution in [1.82, 2.24) is 4.90 Å². The standard InChI is InChI=1S/C7H14NO/c1-9-7-8-5-3-2-4-6-8/h1-7H2. The van der Waals surface area contributed by atoms with Gasteiger partial charge in [0.25, 0.3) is 0 Å². The molecule has 0 bridgehead atoms. The monoisotopic (exact) mass is 128 g/mol. The lowest BCUT2D eigenvalue weighted by molar-refractivity contribution is 0.0714. The second-order valence-corrected chi connectivity index (χ2v) is 2.51. The molecule has 1 aliphatic rings. The number of hydrogen-bond donors (Lipinski definition) is 0. The van der Waals surface area contributed by atoms with Gasteiger partial charge in [0.15, 0.2) is 0 Å². The van der Waals surface area contributed by atoms with E-state index in [-0.39, 0.29) is 0 Å². The summed E-state index contributed by atoms with van der Waals surface area (Å²) in [5, 5.41) is 0. The minimum atomic E-state index is 0.708. The molecule has 1 fully saturated rings. The van der Waals surface area contributed by atoms with Gasteiger partial charge in [-0.15, -0.1) is 0 Å². The molecule has 1 rings (SSSR count). The summed E-state index contributed by atoms with van der Waals surface area (Å²) in [6.45, 7) is 3.09. The first-order chi connectivity index (χ1) is 4.43. The van der Waals surface area contributed by atoms with Crippen LogP contribution < -0.4 is 0 Å². The summed E-state index contributed by atoms with van der Waals surface area (Å²) in [6, 6.07) is 0. The zero-order chi connectivity index (χ0) is 6.53. The van der Waals surface area contributed by atoms with Gasteiger partial charge >= 0.3 is 0 Å². The van der Waals surface area contributed by atoms with Crippen molar-refractivity contribution in [2.45, 2.75) is 19.3 Å². The van der Waals surface area contributed by atoms with Gasteiger partial charge in [0.2, 0.25) is 0 Å². The second-order valence-electron chi connectivity index (χ2n) is 2.51. The van der Waals surface area contributed by atoms with E-state index in [1.54, 1.807) is 0 Å². The summed E-state index contributed by atoms with van der Waals surface area (Å²) < 4.78 is 4.76. The number of hydrogen-bond acceptors (Lipinski definition) is 2. The van der Waals surface area contributed by atoms with Crippen LogP contribution in [0.5, 0.6) is 0 Å². The van der Waals surface area contributed by atoms with E-state index in [2.05, 4.69) is 12.0 Å². The second kappa shape index (κ2) is 3.85. The van der Waals surface area contributed by atoms with Crippen LogP contribution in [-0.4, -0.2) is 24.7 Å². The third kappa shape index (κ3) is 2.33. The van der Waals surface area contributed by atoms with Gasteiger partial charge in [-0.25, -0.2) is 0 Å². The Hall–Kier alpha value is -0.0800. The van der Waals surface area contributed by atoms with E-state index in [4.69, 9.17) is 4.74 Å². The molecule has 0 saturated carbocycles. The maximum Gasteiger partial charge on any atom is 0.0991 e. The molecule has 2 nitrogen and oxygen atoms in total. The Bertz CT molecular complexity index is 66.6. The Morgan fingerprint density at radius 1 is 1.22 bits per heavy atom. The summed E-state index contributed by atoms with van der Waals surface area (Å²) >= 11 is 0. The highest BCUT2D eigenvalue weighted by molar-refractivity contribution is 4.60. The minimum absolute atomic E-state index is 0.708. The van der Waals surface area contributed by atoms with Crippen LogP contribution in [0.1, 0.15) is 19.3 Å². The minimum Gasteiger partial charge on any atom is -0.364 e. The Morgan fingerprint density at radius 3 is 2.44 bits per heavy atom. The molecule has 1 heterocycles. The summed E-state index contributed by atoms with van der Waals surface area (Å²) in [7, 11) is 3.34. The van der Waals surface area contributed by atoms with Crippen LogP contribution in [0, 0.1) is 7.11 Å². The fraction of sp³-hybridized carbons (Fsp3) is 0.857. The molecule has 1 saturated heterocycles. The highest BCUT2D eigenvalue weighted by Crippen LogP contribution is 2.07. The maximum atomic E-state index is 4.76. The zero-order valence-corrected chi connectivity index (χ0v) is 5.81. The number of piperidine rings is 1. The predicted molar refractivity (Wildman–Crippen MR) is 36.7 cm³/mol. The SMILES string of the molecule is [CH2]OCN1CCCCC1. The van der Waals surface area contributed by atoms with Crippen LogP contribution in [0.2, 0.25) is 0 Å². The van der Waals surface area contributed by atoms with E-state index in [1.165, 1.54) is 32.4 Å². The number of nitrogens with zero attached hydrogens (tertiary/aromatic N) is 1. The van der Waals surface area contributed by atoms with Gasteiger partial charge in [0, 0.05) is 13.1 Å². The van der Waals surface area contributed by atoms with Crippen molar-refractivity contribution in [2.75, 3.05) is 19.8 Å². The van der Waals surface area contributed by atoms with Crippen LogP contribution in [0.25, 0.3) is 0 Å². The van der Waals surface area contributed by atoms with Gasteiger partial charge in [-0.2, -0.15) is 0 Å². The molecule has 0 N–H and O–H groups in total. The average molecular weight is 128 g/mol.